The Bertz CT molecular complexity index is 490. The van der Waals surface area contributed by atoms with Gasteiger partial charge < -0.3 is 15.4 Å². The number of ether oxygens (including phenoxy) is 1. The zero-order chi connectivity index (χ0) is 16.7. The number of rotatable bonds is 7. The number of amides is 1. The van der Waals surface area contributed by atoms with Gasteiger partial charge in [-0.15, -0.1) is 0 Å². The first-order valence-corrected chi connectivity index (χ1v) is 8.74. The van der Waals surface area contributed by atoms with Crippen LogP contribution in [0.4, 0.5) is 0 Å². The second-order valence-corrected chi connectivity index (χ2v) is 6.69. The van der Waals surface area contributed by atoms with Crippen molar-refractivity contribution in [2.75, 3.05) is 26.2 Å². The molecule has 1 heterocycles. The van der Waals surface area contributed by atoms with Gasteiger partial charge in [0.1, 0.15) is 12.4 Å². The van der Waals surface area contributed by atoms with Crippen LogP contribution in [0.5, 0.6) is 5.75 Å². The maximum Gasteiger partial charge on any atom is 0.220 e. The van der Waals surface area contributed by atoms with Crippen LogP contribution < -0.4 is 15.4 Å². The minimum absolute atomic E-state index is 0.140. The maximum atomic E-state index is 12.1. The van der Waals surface area contributed by atoms with Gasteiger partial charge in [0.05, 0.1) is 6.54 Å². The van der Waals surface area contributed by atoms with Gasteiger partial charge in [0.15, 0.2) is 0 Å². The highest BCUT2D eigenvalue weighted by molar-refractivity contribution is 5.76. The zero-order valence-electron chi connectivity index (χ0n) is 14.7. The average Bonchev–Trinajstić information content (AvgIpc) is 2.54. The monoisotopic (exact) mass is 318 g/mol. The Hall–Kier alpha value is -1.55. The van der Waals surface area contributed by atoms with Crippen LogP contribution in [0.3, 0.4) is 0 Å². The summed E-state index contributed by atoms with van der Waals surface area (Å²) in [6.45, 7) is 9.53. The first-order chi connectivity index (χ1) is 11.1. The molecule has 0 radical (unpaired) electrons. The lowest BCUT2D eigenvalue weighted by molar-refractivity contribution is -0.122. The van der Waals surface area contributed by atoms with Gasteiger partial charge in [-0.25, -0.2) is 0 Å². The van der Waals surface area contributed by atoms with Crippen LogP contribution in [0, 0.1) is 25.7 Å². The van der Waals surface area contributed by atoms with Gasteiger partial charge >= 0.3 is 0 Å². The highest BCUT2D eigenvalue weighted by atomic mass is 16.5. The fourth-order valence-corrected chi connectivity index (χ4v) is 3.31. The van der Waals surface area contributed by atoms with Crippen molar-refractivity contribution in [1.29, 1.82) is 0 Å². The first kappa shape index (κ1) is 17.8. The summed E-state index contributed by atoms with van der Waals surface area (Å²) in [4.78, 5) is 12.1. The quantitative estimate of drug-likeness (QED) is 0.760. The fourth-order valence-electron chi connectivity index (χ4n) is 3.31. The first-order valence-electron chi connectivity index (χ1n) is 8.74. The summed E-state index contributed by atoms with van der Waals surface area (Å²) in [6, 6.07) is 6.12. The lowest BCUT2D eigenvalue weighted by Crippen LogP contribution is -2.34. The van der Waals surface area contributed by atoms with Gasteiger partial charge in [-0.3, -0.25) is 4.79 Å². The predicted octanol–water partition coefficient (Wildman–Crippen LogP) is 2.82. The fraction of sp³-hybridized carbons (Fsp3) is 0.632. The van der Waals surface area contributed by atoms with Crippen molar-refractivity contribution >= 4 is 5.91 Å². The molecule has 0 aromatic heterocycles. The summed E-state index contributed by atoms with van der Waals surface area (Å²) in [5, 5.41) is 6.35. The summed E-state index contributed by atoms with van der Waals surface area (Å²) >= 11 is 0. The molecule has 1 saturated heterocycles. The number of piperidine rings is 1. The Kier molecular flexibility index (Phi) is 6.90. The van der Waals surface area contributed by atoms with Gasteiger partial charge in [-0.2, -0.15) is 0 Å². The summed E-state index contributed by atoms with van der Waals surface area (Å²) in [7, 11) is 0. The van der Waals surface area contributed by atoms with E-state index in [1.165, 1.54) is 12.8 Å². The van der Waals surface area contributed by atoms with E-state index in [1.54, 1.807) is 0 Å². The third-order valence-corrected chi connectivity index (χ3v) is 4.78. The molecule has 128 valence electrons. The molecule has 1 atom stereocenters. The van der Waals surface area contributed by atoms with E-state index >= 15 is 0 Å². The van der Waals surface area contributed by atoms with Crippen molar-refractivity contribution in [3.8, 4) is 5.75 Å². The van der Waals surface area contributed by atoms with E-state index in [0.717, 1.165) is 30.0 Å². The number of carbonyl (C=O) groups is 1. The molecular weight excluding hydrogens is 288 g/mol. The zero-order valence-corrected chi connectivity index (χ0v) is 14.7. The third-order valence-electron chi connectivity index (χ3n) is 4.78. The van der Waals surface area contributed by atoms with Crippen molar-refractivity contribution in [3.05, 3.63) is 29.3 Å². The standard InChI is InChI=1S/C19H30N2O2/c1-14-5-4-6-15(2)19(14)23-12-11-21-18(22)13-16(3)17-7-9-20-10-8-17/h4-6,16-17,20H,7-13H2,1-3H3,(H,21,22). The Labute approximate surface area is 140 Å². The molecule has 2 N–H and O–H groups in total. The van der Waals surface area contributed by atoms with Crippen LogP contribution in [-0.4, -0.2) is 32.1 Å². The summed E-state index contributed by atoms with van der Waals surface area (Å²) in [6.07, 6.45) is 2.99. The van der Waals surface area contributed by atoms with Gasteiger partial charge in [0.2, 0.25) is 5.91 Å². The largest absolute Gasteiger partial charge is 0.491 e. The molecule has 1 aromatic carbocycles. The van der Waals surface area contributed by atoms with E-state index in [0.29, 0.717) is 31.4 Å². The second kappa shape index (κ2) is 8.92. The van der Waals surface area contributed by atoms with Crippen molar-refractivity contribution in [3.63, 3.8) is 0 Å². The highest BCUT2D eigenvalue weighted by Crippen LogP contribution is 2.24. The molecule has 0 spiro atoms. The van der Waals surface area contributed by atoms with Crippen molar-refractivity contribution < 1.29 is 9.53 Å². The van der Waals surface area contributed by atoms with Crippen molar-refractivity contribution in [2.24, 2.45) is 11.8 Å². The minimum Gasteiger partial charge on any atom is -0.491 e. The average molecular weight is 318 g/mol. The number of para-hydroxylation sites is 1. The smallest absolute Gasteiger partial charge is 0.220 e. The van der Waals surface area contributed by atoms with Gasteiger partial charge in [-0.1, -0.05) is 25.1 Å². The van der Waals surface area contributed by atoms with Crippen molar-refractivity contribution in [1.82, 2.24) is 10.6 Å². The molecular formula is C19H30N2O2. The van der Waals surface area contributed by atoms with E-state index in [4.69, 9.17) is 4.74 Å². The van der Waals surface area contributed by atoms with Gasteiger partial charge in [-0.05, 0) is 62.7 Å². The number of hydrogen-bond acceptors (Lipinski definition) is 3. The van der Waals surface area contributed by atoms with Crippen LogP contribution >= 0.6 is 0 Å². The van der Waals surface area contributed by atoms with E-state index in [2.05, 4.69) is 17.6 Å². The van der Waals surface area contributed by atoms with Crippen LogP contribution in [-0.2, 0) is 4.79 Å². The Morgan fingerprint density at radius 1 is 1.30 bits per heavy atom. The number of nitrogens with one attached hydrogen (secondary N) is 2. The molecule has 1 fully saturated rings. The molecule has 1 amide bonds. The lowest BCUT2D eigenvalue weighted by Gasteiger charge is -2.27. The van der Waals surface area contributed by atoms with Crippen LogP contribution in [0.15, 0.2) is 18.2 Å². The van der Waals surface area contributed by atoms with Gasteiger partial charge in [0.25, 0.3) is 0 Å². The molecule has 0 aliphatic carbocycles. The summed E-state index contributed by atoms with van der Waals surface area (Å²) in [5.74, 6) is 2.20. The van der Waals surface area contributed by atoms with E-state index in [1.807, 2.05) is 32.0 Å². The number of benzene rings is 1. The molecule has 1 aliphatic rings. The van der Waals surface area contributed by atoms with Crippen LogP contribution in [0.2, 0.25) is 0 Å². The maximum absolute atomic E-state index is 12.1. The molecule has 23 heavy (non-hydrogen) atoms. The van der Waals surface area contributed by atoms with E-state index in [-0.39, 0.29) is 5.91 Å². The number of carbonyl (C=O) groups excluding carboxylic acids is 1. The molecule has 4 nitrogen and oxygen atoms in total. The Morgan fingerprint density at radius 3 is 2.61 bits per heavy atom. The molecule has 4 heteroatoms. The summed E-state index contributed by atoms with van der Waals surface area (Å²) in [5.41, 5.74) is 2.27. The normalized spacial score (nSPS) is 16.8. The lowest BCUT2D eigenvalue weighted by atomic mass is 9.84. The van der Waals surface area contributed by atoms with E-state index in [9.17, 15) is 4.79 Å². The second-order valence-electron chi connectivity index (χ2n) is 6.69. The molecule has 1 aliphatic heterocycles. The van der Waals surface area contributed by atoms with E-state index < -0.39 is 0 Å². The third kappa shape index (κ3) is 5.54. The molecule has 1 unspecified atom stereocenters. The topological polar surface area (TPSA) is 50.4 Å². The molecule has 0 bridgehead atoms. The van der Waals surface area contributed by atoms with Crippen molar-refractivity contribution in [2.45, 2.75) is 40.0 Å². The number of hydrogen-bond donors (Lipinski definition) is 2. The predicted molar refractivity (Wildman–Crippen MR) is 93.8 cm³/mol. The SMILES string of the molecule is Cc1cccc(C)c1OCCNC(=O)CC(C)C1CCNCC1. The van der Waals surface area contributed by atoms with Crippen LogP contribution in [0.1, 0.15) is 37.3 Å². The Balaban J connectivity index is 1.66. The molecule has 2 rings (SSSR count). The highest BCUT2D eigenvalue weighted by Gasteiger charge is 2.21. The van der Waals surface area contributed by atoms with Gasteiger partial charge in [0, 0.05) is 6.42 Å². The Morgan fingerprint density at radius 2 is 1.96 bits per heavy atom. The molecule has 1 aromatic rings. The number of aryl methyl sites for hydroxylation is 2. The summed E-state index contributed by atoms with van der Waals surface area (Å²) < 4.78 is 5.82. The molecule has 0 saturated carbocycles. The van der Waals surface area contributed by atoms with Crippen LogP contribution in [0.25, 0.3) is 0 Å². The minimum atomic E-state index is 0.140.